The lowest BCUT2D eigenvalue weighted by atomic mass is 9.86. The van der Waals surface area contributed by atoms with E-state index in [1.165, 1.54) is 154 Å². The van der Waals surface area contributed by atoms with Crippen LogP contribution in [0.1, 0.15) is 149 Å². The van der Waals surface area contributed by atoms with Gasteiger partial charge in [-0.05, 0) is 51.2 Å². The molecule has 0 radical (unpaired) electrons. The molecular formula is C27H55N. The fourth-order valence-corrected chi connectivity index (χ4v) is 5.00. The van der Waals surface area contributed by atoms with Gasteiger partial charge in [0.05, 0.1) is 0 Å². The fraction of sp³-hybridized carbons (Fsp3) is 1.00. The van der Waals surface area contributed by atoms with E-state index in [4.69, 9.17) is 0 Å². The van der Waals surface area contributed by atoms with Gasteiger partial charge in [0.1, 0.15) is 0 Å². The second-order valence-corrected chi connectivity index (χ2v) is 9.73. The first-order chi connectivity index (χ1) is 13.9. The highest BCUT2D eigenvalue weighted by Gasteiger charge is 2.13. The minimum Gasteiger partial charge on any atom is -0.303 e. The standard InChI is InChI=1S/C27H55N/c1-3-5-7-9-11-13-18-24-28(25-19-14-12-10-8-6-4-2)26-20-23-27-21-16-15-17-22-27/h27H,3-26H2,1-2H3. The number of hydrogen-bond donors (Lipinski definition) is 0. The molecule has 168 valence electrons. The molecule has 28 heavy (non-hydrogen) atoms. The molecule has 1 fully saturated rings. The predicted octanol–water partition coefficient (Wildman–Crippen LogP) is 9.15. The summed E-state index contributed by atoms with van der Waals surface area (Å²) in [5.74, 6) is 1.06. The molecule has 0 spiro atoms. The molecule has 0 aromatic heterocycles. The molecule has 0 saturated heterocycles. The first-order valence-corrected chi connectivity index (χ1v) is 13.6. The van der Waals surface area contributed by atoms with Crippen LogP contribution in [0.15, 0.2) is 0 Å². The third-order valence-electron chi connectivity index (χ3n) is 6.97. The number of unbranched alkanes of at least 4 members (excludes halogenated alkanes) is 12. The average Bonchev–Trinajstić information content (AvgIpc) is 2.72. The minimum absolute atomic E-state index is 1.06. The van der Waals surface area contributed by atoms with E-state index in [-0.39, 0.29) is 0 Å². The molecule has 0 bridgehead atoms. The van der Waals surface area contributed by atoms with E-state index < -0.39 is 0 Å². The summed E-state index contributed by atoms with van der Waals surface area (Å²) in [6.07, 6.45) is 30.7. The maximum absolute atomic E-state index is 2.83. The largest absolute Gasteiger partial charge is 0.303 e. The van der Waals surface area contributed by atoms with Gasteiger partial charge < -0.3 is 4.90 Å². The summed E-state index contributed by atoms with van der Waals surface area (Å²) in [4.78, 5) is 2.83. The van der Waals surface area contributed by atoms with Gasteiger partial charge in [-0.15, -0.1) is 0 Å². The topological polar surface area (TPSA) is 3.24 Å². The van der Waals surface area contributed by atoms with Gasteiger partial charge in [-0.25, -0.2) is 0 Å². The van der Waals surface area contributed by atoms with Gasteiger partial charge in [0.15, 0.2) is 0 Å². The maximum atomic E-state index is 2.83. The van der Waals surface area contributed by atoms with E-state index in [0.717, 1.165) is 5.92 Å². The molecule has 0 amide bonds. The van der Waals surface area contributed by atoms with E-state index >= 15 is 0 Å². The second-order valence-electron chi connectivity index (χ2n) is 9.73. The molecule has 1 aliphatic rings. The van der Waals surface area contributed by atoms with E-state index in [1.54, 1.807) is 0 Å². The van der Waals surface area contributed by atoms with Crippen LogP contribution in [0.5, 0.6) is 0 Å². The third-order valence-corrected chi connectivity index (χ3v) is 6.97. The molecule has 0 aromatic carbocycles. The molecular weight excluding hydrogens is 338 g/mol. The average molecular weight is 394 g/mol. The van der Waals surface area contributed by atoms with E-state index in [0.29, 0.717) is 0 Å². The highest BCUT2D eigenvalue weighted by Crippen LogP contribution is 2.27. The monoisotopic (exact) mass is 393 g/mol. The molecule has 0 unspecified atom stereocenters. The molecule has 0 aromatic rings. The second kappa shape index (κ2) is 20.2. The molecule has 1 aliphatic carbocycles. The fourth-order valence-electron chi connectivity index (χ4n) is 5.00. The molecule has 0 atom stereocenters. The molecule has 0 N–H and O–H groups in total. The Morgan fingerprint density at radius 2 is 0.929 bits per heavy atom. The van der Waals surface area contributed by atoms with Gasteiger partial charge in [0.25, 0.3) is 0 Å². The molecule has 1 rings (SSSR count). The SMILES string of the molecule is CCCCCCCCCN(CCCCCCCCC)CCCC1CCCCC1. The Kier molecular flexibility index (Phi) is 18.8. The lowest BCUT2D eigenvalue weighted by molar-refractivity contribution is 0.239. The normalized spacial score (nSPS) is 15.5. The van der Waals surface area contributed by atoms with E-state index in [9.17, 15) is 0 Å². The smallest absolute Gasteiger partial charge is 0.00186 e. The molecule has 1 saturated carbocycles. The van der Waals surface area contributed by atoms with Crippen molar-refractivity contribution in [1.82, 2.24) is 4.90 Å². The van der Waals surface area contributed by atoms with Crippen LogP contribution in [0.2, 0.25) is 0 Å². The van der Waals surface area contributed by atoms with Crippen molar-refractivity contribution in [2.75, 3.05) is 19.6 Å². The van der Waals surface area contributed by atoms with Gasteiger partial charge in [0, 0.05) is 0 Å². The van der Waals surface area contributed by atoms with Gasteiger partial charge in [0.2, 0.25) is 0 Å². The van der Waals surface area contributed by atoms with Crippen LogP contribution < -0.4 is 0 Å². The van der Waals surface area contributed by atoms with Crippen molar-refractivity contribution >= 4 is 0 Å². The van der Waals surface area contributed by atoms with Crippen LogP contribution in [0, 0.1) is 5.92 Å². The highest BCUT2D eigenvalue weighted by molar-refractivity contribution is 4.67. The quantitative estimate of drug-likeness (QED) is 0.186. The van der Waals surface area contributed by atoms with Crippen molar-refractivity contribution in [3.63, 3.8) is 0 Å². The van der Waals surface area contributed by atoms with Crippen LogP contribution in [-0.4, -0.2) is 24.5 Å². The summed E-state index contributed by atoms with van der Waals surface area (Å²) in [5, 5.41) is 0. The van der Waals surface area contributed by atoms with Crippen LogP contribution in [-0.2, 0) is 0 Å². The zero-order valence-corrected chi connectivity index (χ0v) is 20.0. The molecule has 1 nitrogen and oxygen atoms in total. The van der Waals surface area contributed by atoms with E-state index in [2.05, 4.69) is 18.7 Å². The Hall–Kier alpha value is -0.0400. The van der Waals surface area contributed by atoms with Crippen LogP contribution in [0.4, 0.5) is 0 Å². The summed E-state index contributed by atoms with van der Waals surface area (Å²) >= 11 is 0. The van der Waals surface area contributed by atoms with E-state index in [1.807, 2.05) is 0 Å². The Labute approximate surface area is 179 Å². The Balaban J connectivity index is 2.12. The highest BCUT2D eigenvalue weighted by atomic mass is 15.1. The van der Waals surface area contributed by atoms with Crippen molar-refractivity contribution in [2.24, 2.45) is 5.92 Å². The van der Waals surface area contributed by atoms with Gasteiger partial charge in [-0.1, -0.05) is 123 Å². The van der Waals surface area contributed by atoms with Crippen LogP contribution in [0.3, 0.4) is 0 Å². The zero-order chi connectivity index (χ0) is 20.1. The van der Waals surface area contributed by atoms with Crippen LogP contribution >= 0.6 is 0 Å². The summed E-state index contributed by atoms with van der Waals surface area (Å²) < 4.78 is 0. The minimum atomic E-state index is 1.06. The number of rotatable bonds is 20. The summed E-state index contributed by atoms with van der Waals surface area (Å²) in [6, 6.07) is 0. The molecule has 0 aliphatic heterocycles. The van der Waals surface area contributed by atoms with Crippen molar-refractivity contribution < 1.29 is 0 Å². The molecule has 0 heterocycles. The molecule has 1 heteroatoms. The third kappa shape index (κ3) is 15.8. The lowest BCUT2D eigenvalue weighted by Gasteiger charge is -2.25. The zero-order valence-electron chi connectivity index (χ0n) is 20.0. The first kappa shape index (κ1) is 26.0. The van der Waals surface area contributed by atoms with Crippen molar-refractivity contribution in [1.29, 1.82) is 0 Å². The Morgan fingerprint density at radius 1 is 0.500 bits per heavy atom. The first-order valence-electron chi connectivity index (χ1n) is 13.6. The summed E-state index contributed by atoms with van der Waals surface area (Å²) in [7, 11) is 0. The van der Waals surface area contributed by atoms with Gasteiger partial charge in [-0.3, -0.25) is 0 Å². The van der Waals surface area contributed by atoms with Gasteiger partial charge >= 0.3 is 0 Å². The predicted molar refractivity (Wildman–Crippen MR) is 128 cm³/mol. The number of hydrogen-bond acceptors (Lipinski definition) is 1. The van der Waals surface area contributed by atoms with Gasteiger partial charge in [-0.2, -0.15) is 0 Å². The summed E-state index contributed by atoms with van der Waals surface area (Å²) in [5.41, 5.74) is 0. The van der Waals surface area contributed by atoms with Crippen molar-refractivity contribution in [3.05, 3.63) is 0 Å². The Bertz CT molecular complexity index is 277. The summed E-state index contributed by atoms with van der Waals surface area (Å²) in [6.45, 7) is 8.74. The van der Waals surface area contributed by atoms with Crippen LogP contribution in [0.25, 0.3) is 0 Å². The Morgan fingerprint density at radius 3 is 1.43 bits per heavy atom. The van der Waals surface area contributed by atoms with Crippen molar-refractivity contribution in [2.45, 2.75) is 149 Å². The number of nitrogens with zero attached hydrogens (tertiary/aromatic N) is 1. The maximum Gasteiger partial charge on any atom is -0.00186 e. The van der Waals surface area contributed by atoms with Crippen molar-refractivity contribution in [3.8, 4) is 0 Å². The lowest BCUT2D eigenvalue weighted by Crippen LogP contribution is -2.27.